The summed E-state index contributed by atoms with van der Waals surface area (Å²) in [7, 11) is 0. The Morgan fingerprint density at radius 1 is 1.33 bits per heavy atom. The first-order valence-electron chi connectivity index (χ1n) is 7.47. The Balaban J connectivity index is 1.98. The average Bonchev–Trinajstić information content (AvgIpc) is 2.63. The number of nitriles is 1. The molecule has 1 amide bonds. The van der Waals surface area contributed by atoms with Crippen molar-refractivity contribution in [1.29, 1.82) is 5.26 Å². The van der Waals surface area contributed by atoms with Gasteiger partial charge in [0.25, 0.3) is 0 Å². The first-order valence-corrected chi connectivity index (χ1v) is 7.47. The number of rotatable bonds is 5. The summed E-state index contributed by atoms with van der Waals surface area (Å²) in [5.41, 5.74) is 0.573. The third-order valence-electron chi connectivity index (χ3n) is 3.77. The van der Waals surface area contributed by atoms with Crippen molar-refractivity contribution in [3.8, 4) is 11.8 Å². The van der Waals surface area contributed by atoms with Crippen LogP contribution < -0.4 is 9.64 Å². The average molecular weight is 286 g/mol. The number of carbonyl (C=O) groups excluding carboxylic acids is 1. The van der Waals surface area contributed by atoms with Gasteiger partial charge in [0.1, 0.15) is 5.75 Å². The van der Waals surface area contributed by atoms with Crippen LogP contribution in [0.5, 0.6) is 5.75 Å². The van der Waals surface area contributed by atoms with E-state index in [1.165, 1.54) is 0 Å². The molecule has 2 rings (SSSR count). The molecule has 4 nitrogen and oxygen atoms in total. The molecule has 1 aromatic carbocycles. The van der Waals surface area contributed by atoms with Gasteiger partial charge in [-0.15, -0.1) is 0 Å². The van der Waals surface area contributed by atoms with E-state index >= 15 is 0 Å². The van der Waals surface area contributed by atoms with Crippen molar-refractivity contribution in [2.24, 2.45) is 5.41 Å². The fourth-order valence-corrected chi connectivity index (χ4v) is 2.46. The number of carbonyl (C=O) groups is 1. The largest absolute Gasteiger partial charge is 0.491 e. The Morgan fingerprint density at radius 3 is 2.86 bits per heavy atom. The lowest BCUT2D eigenvalue weighted by Crippen LogP contribution is -2.31. The van der Waals surface area contributed by atoms with Crippen molar-refractivity contribution in [1.82, 2.24) is 0 Å². The molecule has 1 aliphatic heterocycles. The van der Waals surface area contributed by atoms with E-state index in [1.54, 1.807) is 0 Å². The number of para-hydroxylation sites is 2. The van der Waals surface area contributed by atoms with E-state index in [1.807, 2.05) is 43.0 Å². The monoisotopic (exact) mass is 286 g/mol. The molecule has 0 N–H and O–H groups in total. The summed E-state index contributed by atoms with van der Waals surface area (Å²) in [6, 6.07) is 9.99. The fraction of sp³-hybridized carbons (Fsp3) is 0.529. The van der Waals surface area contributed by atoms with E-state index < -0.39 is 0 Å². The number of ether oxygens (including phenoxy) is 1. The van der Waals surface area contributed by atoms with Gasteiger partial charge in [-0.2, -0.15) is 5.26 Å². The van der Waals surface area contributed by atoms with Gasteiger partial charge in [-0.3, -0.25) is 4.79 Å². The van der Waals surface area contributed by atoms with Crippen LogP contribution in [0.25, 0.3) is 0 Å². The van der Waals surface area contributed by atoms with Crippen LogP contribution in [-0.4, -0.2) is 19.1 Å². The van der Waals surface area contributed by atoms with Crippen molar-refractivity contribution < 1.29 is 9.53 Å². The lowest BCUT2D eigenvalue weighted by atomic mass is 9.89. The van der Waals surface area contributed by atoms with Crippen LogP contribution >= 0.6 is 0 Å². The lowest BCUT2D eigenvalue weighted by Gasteiger charge is -2.22. The molecule has 0 aliphatic carbocycles. The summed E-state index contributed by atoms with van der Waals surface area (Å²) in [4.78, 5) is 14.0. The summed E-state index contributed by atoms with van der Waals surface area (Å²) in [6.45, 7) is 5.02. The normalized spacial score (nSPS) is 14.9. The van der Waals surface area contributed by atoms with E-state index in [0.717, 1.165) is 30.7 Å². The van der Waals surface area contributed by atoms with Crippen LogP contribution in [0.1, 0.15) is 39.5 Å². The second-order valence-corrected chi connectivity index (χ2v) is 6.06. The summed E-state index contributed by atoms with van der Waals surface area (Å²) in [6.07, 6.45) is 3.10. The van der Waals surface area contributed by atoms with Gasteiger partial charge < -0.3 is 9.64 Å². The highest BCUT2D eigenvalue weighted by Crippen LogP contribution is 2.31. The molecule has 0 saturated heterocycles. The zero-order valence-corrected chi connectivity index (χ0v) is 12.8. The van der Waals surface area contributed by atoms with Crippen LogP contribution in [0.15, 0.2) is 24.3 Å². The highest BCUT2D eigenvalue weighted by molar-refractivity contribution is 5.95. The van der Waals surface area contributed by atoms with Crippen LogP contribution in [0.3, 0.4) is 0 Å². The minimum absolute atomic E-state index is 0.111. The van der Waals surface area contributed by atoms with Gasteiger partial charge in [0.15, 0.2) is 0 Å². The number of anilines is 1. The number of benzene rings is 1. The number of hydrogen-bond donors (Lipinski definition) is 0. The Bertz CT molecular complexity index is 546. The van der Waals surface area contributed by atoms with Crippen LogP contribution in [0, 0.1) is 16.7 Å². The number of nitrogens with zero attached hydrogens (tertiary/aromatic N) is 2. The molecule has 0 radical (unpaired) electrons. The highest BCUT2D eigenvalue weighted by atomic mass is 16.5. The van der Waals surface area contributed by atoms with E-state index in [4.69, 9.17) is 10.00 Å². The van der Waals surface area contributed by atoms with Crippen molar-refractivity contribution in [3.63, 3.8) is 0 Å². The van der Waals surface area contributed by atoms with E-state index in [2.05, 4.69) is 6.07 Å². The van der Waals surface area contributed by atoms with Gasteiger partial charge in [0.2, 0.25) is 5.91 Å². The van der Waals surface area contributed by atoms with Gasteiger partial charge in [-0.05, 0) is 38.8 Å². The van der Waals surface area contributed by atoms with Crippen LogP contribution in [0.4, 0.5) is 5.69 Å². The zero-order valence-electron chi connectivity index (χ0n) is 12.8. The molecule has 0 saturated carbocycles. The molecule has 0 fully saturated rings. The molecular formula is C17H22N2O2. The van der Waals surface area contributed by atoms with Crippen LogP contribution in [0.2, 0.25) is 0 Å². The van der Waals surface area contributed by atoms with Gasteiger partial charge in [-0.25, -0.2) is 0 Å². The molecule has 0 atom stereocenters. The molecule has 1 aromatic rings. The smallest absolute Gasteiger partial charge is 0.230 e. The summed E-state index contributed by atoms with van der Waals surface area (Å²) >= 11 is 0. The molecule has 112 valence electrons. The lowest BCUT2D eigenvalue weighted by molar-refractivity contribution is -0.118. The summed E-state index contributed by atoms with van der Waals surface area (Å²) in [5, 5.41) is 9.02. The minimum Gasteiger partial charge on any atom is -0.491 e. The topological polar surface area (TPSA) is 53.3 Å². The maximum absolute atomic E-state index is 12.2. The van der Waals surface area contributed by atoms with Gasteiger partial charge in [0.05, 0.1) is 30.2 Å². The molecule has 0 aromatic heterocycles. The second kappa shape index (κ2) is 6.62. The van der Waals surface area contributed by atoms with Crippen LogP contribution in [-0.2, 0) is 4.79 Å². The van der Waals surface area contributed by atoms with Gasteiger partial charge in [-0.1, -0.05) is 18.6 Å². The van der Waals surface area contributed by atoms with Crippen molar-refractivity contribution in [2.45, 2.75) is 39.5 Å². The number of amides is 1. The zero-order chi connectivity index (χ0) is 15.3. The Hall–Kier alpha value is -2.02. The van der Waals surface area contributed by atoms with Crippen molar-refractivity contribution >= 4 is 11.6 Å². The molecule has 0 unspecified atom stereocenters. The maximum Gasteiger partial charge on any atom is 0.230 e. The predicted octanol–water partition coefficient (Wildman–Crippen LogP) is 3.52. The minimum atomic E-state index is -0.288. The molecular weight excluding hydrogens is 264 g/mol. The quantitative estimate of drug-likeness (QED) is 0.778. The Labute approximate surface area is 126 Å². The Kier molecular flexibility index (Phi) is 4.85. The third-order valence-corrected chi connectivity index (χ3v) is 3.77. The predicted molar refractivity (Wildman–Crippen MR) is 82.2 cm³/mol. The van der Waals surface area contributed by atoms with E-state index in [0.29, 0.717) is 19.6 Å². The summed E-state index contributed by atoms with van der Waals surface area (Å²) in [5.74, 6) is 0.889. The van der Waals surface area contributed by atoms with Gasteiger partial charge >= 0.3 is 0 Å². The molecule has 0 spiro atoms. The SMILES string of the molecule is CC(C)(C#N)CCCCN1C(=O)CCOc2ccccc21. The summed E-state index contributed by atoms with van der Waals surface area (Å²) < 4.78 is 5.62. The first-order chi connectivity index (χ1) is 10.0. The van der Waals surface area contributed by atoms with Gasteiger partial charge in [0, 0.05) is 6.54 Å². The molecule has 1 aliphatic rings. The molecule has 0 bridgehead atoms. The number of unbranched alkanes of at least 4 members (excludes halogenated alkanes) is 1. The Morgan fingerprint density at radius 2 is 2.10 bits per heavy atom. The van der Waals surface area contributed by atoms with Crippen molar-refractivity contribution in [3.05, 3.63) is 24.3 Å². The molecule has 1 heterocycles. The van der Waals surface area contributed by atoms with E-state index in [-0.39, 0.29) is 11.3 Å². The van der Waals surface area contributed by atoms with E-state index in [9.17, 15) is 4.79 Å². The van der Waals surface area contributed by atoms with Crippen molar-refractivity contribution in [2.75, 3.05) is 18.1 Å². The second-order valence-electron chi connectivity index (χ2n) is 6.06. The number of hydrogen-bond acceptors (Lipinski definition) is 3. The first kappa shape index (κ1) is 15.4. The standard InChI is InChI=1S/C17H22N2O2/c1-17(2,13-18)10-5-6-11-19-14-7-3-4-8-15(14)21-12-9-16(19)20/h3-4,7-8H,5-6,9-12H2,1-2H3. The highest BCUT2D eigenvalue weighted by Gasteiger charge is 2.23. The maximum atomic E-state index is 12.2. The molecule has 4 heteroatoms. The third kappa shape index (κ3) is 3.98. The number of fused-ring (bicyclic) bond motifs is 1. The fourth-order valence-electron chi connectivity index (χ4n) is 2.46. The molecule has 21 heavy (non-hydrogen) atoms.